The molecule has 1 aliphatic carbocycles. The first-order valence-electron chi connectivity index (χ1n) is 6.69. The number of hydrogen-bond acceptors (Lipinski definition) is 2. The number of nitrogens with one attached hydrogen (secondary N) is 1. The molecule has 0 unspecified atom stereocenters. The van der Waals surface area contributed by atoms with Crippen LogP contribution >= 0.6 is 0 Å². The smallest absolute Gasteiger partial charge is 0.221 e. The lowest BCUT2D eigenvalue weighted by Gasteiger charge is -2.17. The lowest BCUT2D eigenvalue weighted by atomic mass is 9.96. The Morgan fingerprint density at radius 2 is 2.16 bits per heavy atom. The first kappa shape index (κ1) is 14.0. The third-order valence-electron chi connectivity index (χ3n) is 3.70. The van der Waals surface area contributed by atoms with E-state index in [4.69, 9.17) is 0 Å². The van der Waals surface area contributed by atoms with Crippen molar-refractivity contribution < 1.29 is 9.18 Å². The van der Waals surface area contributed by atoms with Crippen LogP contribution in [0.3, 0.4) is 0 Å². The second kappa shape index (κ2) is 5.70. The summed E-state index contributed by atoms with van der Waals surface area (Å²) in [5.74, 6) is -0.140. The maximum absolute atomic E-state index is 13.2. The van der Waals surface area contributed by atoms with Gasteiger partial charge in [-0.15, -0.1) is 0 Å². The van der Waals surface area contributed by atoms with E-state index in [1.165, 1.54) is 6.07 Å². The van der Waals surface area contributed by atoms with Gasteiger partial charge in [-0.25, -0.2) is 4.39 Å². The van der Waals surface area contributed by atoms with Gasteiger partial charge >= 0.3 is 0 Å². The molecule has 4 heteroatoms. The molecule has 1 saturated carbocycles. The zero-order valence-corrected chi connectivity index (χ0v) is 11.6. The average Bonchev–Trinajstić information content (AvgIpc) is 3.15. The third kappa shape index (κ3) is 3.77. The summed E-state index contributed by atoms with van der Waals surface area (Å²) in [6, 6.07) is 6.72. The van der Waals surface area contributed by atoms with E-state index in [2.05, 4.69) is 5.32 Å². The van der Waals surface area contributed by atoms with Crippen LogP contribution in [0.25, 0.3) is 0 Å². The molecule has 0 radical (unpaired) electrons. The molecule has 0 atom stereocenters. The number of carbonyl (C=O) groups is 1. The molecule has 1 aromatic rings. The monoisotopic (exact) mass is 264 g/mol. The minimum Gasteiger partial charge on any atom is -0.355 e. The summed E-state index contributed by atoms with van der Waals surface area (Å²) in [4.78, 5) is 13.7. The van der Waals surface area contributed by atoms with Crippen LogP contribution in [0.1, 0.15) is 24.8 Å². The highest BCUT2D eigenvalue weighted by Gasteiger charge is 2.44. The fraction of sp³-hybridized carbons (Fsp3) is 0.533. The Morgan fingerprint density at radius 3 is 2.74 bits per heavy atom. The summed E-state index contributed by atoms with van der Waals surface area (Å²) in [6.45, 7) is 1.36. The van der Waals surface area contributed by atoms with E-state index in [0.29, 0.717) is 13.0 Å². The normalized spacial score (nSPS) is 16.4. The van der Waals surface area contributed by atoms with Crippen molar-refractivity contribution in [3.05, 3.63) is 35.6 Å². The molecule has 0 heterocycles. The summed E-state index contributed by atoms with van der Waals surface area (Å²) in [5, 5.41) is 2.97. The van der Waals surface area contributed by atoms with E-state index < -0.39 is 0 Å². The topological polar surface area (TPSA) is 32.3 Å². The Bertz CT molecular complexity index is 455. The summed E-state index contributed by atoms with van der Waals surface area (Å²) in [7, 11) is 3.89. The Balaban J connectivity index is 1.87. The van der Waals surface area contributed by atoms with E-state index >= 15 is 0 Å². The lowest BCUT2D eigenvalue weighted by molar-refractivity contribution is -0.121. The van der Waals surface area contributed by atoms with Gasteiger partial charge in [0.2, 0.25) is 5.91 Å². The van der Waals surface area contributed by atoms with E-state index in [-0.39, 0.29) is 17.1 Å². The van der Waals surface area contributed by atoms with E-state index in [1.807, 2.05) is 25.1 Å². The van der Waals surface area contributed by atoms with Gasteiger partial charge in [0.1, 0.15) is 5.82 Å². The van der Waals surface area contributed by atoms with E-state index in [0.717, 1.165) is 24.9 Å². The van der Waals surface area contributed by atoms with Gasteiger partial charge in [-0.3, -0.25) is 4.79 Å². The Labute approximate surface area is 113 Å². The van der Waals surface area contributed by atoms with Crippen molar-refractivity contribution in [2.24, 2.45) is 0 Å². The highest BCUT2D eigenvalue weighted by molar-refractivity contribution is 5.76. The predicted octanol–water partition coefficient (Wildman–Crippen LogP) is 1.93. The largest absolute Gasteiger partial charge is 0.355 e. The quantitative estimate of drug-likeness (QED) is 0.851. The summed E-state index contributed by atoms with van der Waals surface area (Å²) < 4.78 is 13.2. The summed E-state index contributed by atoms with van der Waals surface area (Å²) in [5.41, 5.74) is 0.969. The van der Waals surface area contributed by atoms with Gasteiger partial charge in [0.25, 0.3) is 0 Å². The molecule has 1 aromatic carbocycles. The molecule has 104 valence electrons. The Hall–Kier alpha value is -1.42. The summed E-state index contributed by atoms with van der Waals surface area (Å²) in [6.07, 6.45) is 2.54. The van der Waals surface area contributed by atoms with Crippen LogP contribution in [-0.2, 0) is 10.2 Å². The standard InChI is InChI=1S/C15H21FN2O/c1-18(2)9-6-14(19)17-11-15(7-8-15)12-4-3-5-13(16)10-12/h3-5,10H,6-9,11H2,1-2H3,(H,17,19). The van der Waals surface area contributed by atoms with E-state index in [9.17, 15) is 9.18 Å². The Kier molecular flexibility index (Phi) is 4.20. The van der Waals surface area contributed by atoms with Crippen molar-refractivity contribution >= 4 is 5.91 Å². The van der Waals surface area contributed by atoms with Gasteiger partial charge in [-0.1, -0.05) is 12.1 Å². The molecular formula is C15H21FN2O. The highest BCUT2D eigenvalue weighted by atomic mass is 19.1. The van der Waals surface area contributed by atoms with Crippen molar-refractivity contribution in [2.45, 2.75) is 24.7 Å². The maximum Gasteiger partial charge on any atom is 0.221 e. The predicted molar refractivity (Wildman–Crippen MR) is 73.5 cm³/mol. The van der Waals surface area contributed by atoms with Crippen molar-refractivity contribution in [3.8, 4) is 0 Å². The first-order valence-corrected chi connectivity index (χ1v) is 6.69. The minimum atomic E-state index is -0.206. The van der Waals surface area contributed by atoms with Gasteiger partial charge in [0.15, 0.2) is 0 Å². The number of carbonyl (C=O) groups excluding carboxylic acids is 1. The Morgan fingerprint density at radius 1 is 1.42 bits per heavy atom. The van der Waals surface area contributed by atoms with Gasteiger partial charge in [0.05, 0.1) is 0 Å². The maximum atomic E-state index is 13.2. The van der Waals surface area contributed by atoms with Gasteiger partial charge in [-0.2, -0.15) is 0 Å². The molecule has 2 rings (SSSR count). The van der Waals surface area contributed by atoms with Crippen molar-refractivity contribution in [1.82, 2.24) is 10.2 Å². The molecule has 1 N–H and O–H groups in total. The SMILES string of the molecule is CN(C)CCC(=O)NCC1(c2cccc(F)c2)CC1. The average molecular weight is 264 g/mol. The number of rotatable bonds is 6. The third-order valence-corrected chi connectivity index (χ3v) is 3.70. The molecule has 0 saturated heterocycles. The summed E-state index contributed by atoms with van der Waals surface area (Å²) >= 11 is 0. The number of halogens is 1. The van der Waals surface area contributed by atoms with Crippen molar-refractivity contribution in [3.63, 3.8) is 0 Å². The second-order valence-corrected chi connectivity index (χ2v) is 5.62. The number of nitrogens with zero attached hydrogens (tertiary/aromatic N) is 1. The lowest BCUT2D eigenvalue weighted by Crippen LogP contribution is -2.33. The molecular weight excluding hydrogens is 243 g/mol. The molecule has 0 aliphatic heterocycles. The van der Waals surface area contributed by atoms with Crippen molar-refractivity contribution in [1.29, 1.82) is 0 Å². The van der Waals surface area contributed by atoms with Crippen LogP contribution in [0, 0.1) is 5.82 Å². The van der Waals surface area contributed by atoms with Gasteiger partial charge in [0, 0.05) is 24.9 Å². The minimum absolute atomic E-state index is 0.0319. The molecule has 19 heavy (non-hydrogen) atoms. The molecule has 1 amide bonds. The van der Waals surface area contributed by atoms with Crippen LogP contribution in [0.15, 0.2) is 24.3 Å². The molecule has 0 spiro atoms. The van der Waals surface area contributed by atoms with Crippen molar-refractivity contribution in [2.75, 3.05) is 27.2 Å². The van der Waals surface area contributed by atoms with Crippen LogP contribution in [0.4, 0.5) is 4.39 Å². The highest BCUT2D eigenvalue weighted by Crippen LogP contribution is 2.47. The van der Waals surface area contributed by atoms with Crippen LogP contribution in [0.2, 0.25) is 0 Å². The molecule has 0 aromatic heterocycles. The molecule has 1 fully saturated rings. The molecule has 3 nitrogen and oxygen atoms in total. The van der Waals surface area contributed by atoms with Gasteiger partial charge in [-0.05, 0) is 44.6 Å². The zero-order chi connectivity index (χ0) is 13.9. The first-order chi connectivity index (χ1) is 9.02. The fourth-order valence-corrected chi connectivity index (χ4v) is 2.22. The number of benzene rings is 1. The number of hydrogen-bond donors (Lipinski definition) is 1. The molecule has 0 bridgehead atoms. The number of amides is 1. The van der Waals surface area contributed by atoms with Gasteiger partial charge < -0.3 is 10.2 Å². The zero-order valence-electron chi connectivity index (χ0n) is 11.6. The second-order valence-electron chi connectivity index (χ2n) is 5.62. The van der Waals surface area contributed by atoms with Crippen LogP contribution in [0.5, 0.6) is 0 Å². The van der Waals surface area contributed by atoms with Crippen LogP contribution < -0.4 is 5.32 Å². The fourth-order valence-electron chi connectivity index (χ4n) is 2.22. The van der Waals surface area contributed by atoms with E-state index in [1.54, 1.807) is 12.1 Å². The van der Waals surface area contributed by atoms with Crippen LogP contribution in [-0.4, -0.2) is 38.0 Å². The molecule has 1 aliphatic rings.